The number of aryl methyl sites for hydroxylation is 1. The summed E-state index contributed by atoms with van der Waals surface area (Å²) >= 11 is 3.98. The van der Waals surface area contributed by atoms with Gasteiger partial charge in [0.1, 0.15) is 5.75 Å². The molecular formula is C38H38N4O8S3. The number of carboxylic acid groups (broad SMARTS) is 1. The van der Waals surface area contributed by atoms with E-state index >= 15 is 0 Å². The van der Waals surface area contributed by atoms with Crippen molar-refractivity contribution in [1.29, 1.82) is 0 Å². The summed E-state index contributed by atoms with van der Waals surface area (Å²) in [5.74, 6) is -1.08. The third-order valence-electron chi connectivity index (χ3n) is 10.1. The summed E-state index contributed by atoms with van der Waals surface area (Å²) in [6.07, 6.45) is 0.189. The van der Waals surface area contributed by atoms with Crippen molar-refractivity contribution in [1.82, 2.24) is 19.8 Å². The van der Waals surface area contributed by atoms with Crippen molar-refractivity contribution in [2.75, 3.05) is 32.8 Å². The number of benzene rings is 2. The number of aromatic hydroxyl groups is 1. The van der Waals surface area contributed by atoms with E-state index < -0.39 is 17.7 Å². The maximum Gasteiger partial charge on any atom is 0.347 e. The average molecular weight is 775 g/mol. The quantitative estimate of drug-likeness (QED) is 0.104. The zero-order chi connectivity index (χ0) is 36.7. The van der Waals surface area contributed by atoms with Crippen molar-refractivity contribution < 1.29 is 29.6 Å². The zero-order valence-electron chi connectivity index (χ0n) is 28.5. The standard InChI is InChI=1S/C38H38N4O8S3/c43-28-10-7-25(26-8-11-33(45)40-34(26)28)29(44)19-39-18-23-6-9-27-30(16-23)53-36(48)42(27)13-3-12-41-21-37(22-41)17-24(20-49-37)50-38(35(46)47,31-4-1-14-51-31)32-5-2-15-52-32/h1-2,4-11,14-16,24,29,39,43-44H,3,12-13,17-22H2,(H,40,45)(H,46,47). The largest absolute Gasteiger partial charge is 0.506 e. The van der Waals surface area contributed by atoms with Crippen LogP contribution in [0.25, 0.3) is 21.1 Å². The monoisotopic (exact) mass is 774 g/mol. The molecule has 2 saturated heterocycles. The third-order valence-corrected chi connectivity index (χ3v) is 13.0. The molecule has 8 rings (SSSR count). The molecule has 0 amide bonds. The molecule has 2 fully saturated rings. The number of aromatic amines is 1. The van der Waals surface area contributed by atoms with Crippen LogP contribution in [0, 0.1) is 0 Å². The lowest BCUT2D eigenvalue weighted by molar-refractivity contribution is -0.167. The van der Waals surface area contributed by atoms with Crippen LogP contribution in [0.15, 0.2) is 87.1 Å². The molecule has 0 aliphatic carbocycles. The predicted octanol–water partition coefficient (Wildman–Crippen LogP) is 4.83. The number of aliphatic hydroxyl groups excluding tert-OH is 1. The average Bonchev–Trinajstić information content (AvgIpc) is 3.96. The molecule has 2 unspecified atom stereocenters. The van der Waals surface area contributed by atoms with Crippen molar-refractivity contribution in [3.8, 4) is 5.75 Å². The van der Waals surface area contributed by atoms with Gasteiger partial charge in [0.05, 0.1) is 49.9 Å². The number of ether oxygens (including phenoxy) is 2. The van der Waals surface area contributed by atoms with Gasteiger partial charge in [-0.1, -0.05) is 35.6 Å². The number of aliphatic hydroxyl groups is 1. The Hall–Kier alpha value is -4.19. The number of H-pyrrole nitrogens is 1. The molecular weight excluding hydrogens is 737 g/mol. The summed E-state index contributed by atoms with van der Waals surface area (Å²) in [4.78, 5) is 43.7. The molecule has 276 valence electrons. The van der Waals surface area contributed by atoms with Crippen molar-refractivity contribution in [3.05, 3.63) is 118 Å². The van der Waals surface area contributed by atoms with Crippen LogP contribution in [0.3, 0.4) is 0 Å². The van der Waals surface area contributed by atoms with E-state index in [4.69, 9.17) is 9.47 Å². The SMILES string of the molecule is O=C(O)C(OC1COC2(C1)CN(CCCn1c(=O)sc3cc(CNCC(O)c4ccc(O)c5[nH]c(=O)ccc45)ccc31)C2)(c1cccs1)c1cccs1. The first-order chi connectivity index (χ1) is 25.6. The third kappa shape index (κ3) is 6.87. The van der Waals surface area contributed by atoms with Crippen molar-refractivity contribution in [3.63, 3.8) is 0 Å². The number of likely N-dealkylation sites (tertiary alicyclic amines) is 1. The molecule has 2 aliphatic heterocycles. The fraction of sp³-hybridized carbons (Fsp3) is 0.342. The second-order valence-electron chi connectivity index (χ2n) is 13.7. The minimum absolute atomic E-state index is 0.00428. The molecule has 6 heterocycles. The minimum atomic E-state index is -1.56. The Kier molecular flexibility index (Phi) is 9.84. The number of thiophene rings is 2. The smallest absolute Gasteiger partial charge is 0.347 e. The maximum absolute atomic E-state index is 13.0. The number of hydrogen-bond donors (Lipinski definition) is 5. The van der Waals surface area contributed by atoms with Crippen molar-refractivity contribution >= 4 is 61.1 Å². The van der Waals surface area contributed by atoms with E-state index in [2.05, 4.69) is 15.2 Å². The number of nitrogens with zero attached hydrogens (tertiary/aromatic N) is 2. The van der Waals surface area contributed by atoms with Crippen LogP contribution < -0.4 is 15.7 Å². The first-order valence-electron chi connectivity index (χ1n) is 17.4. The number of hydrogen-bond acceptors (Lipinski definition) is 12. The van der Waals surface area contributed by atoms with Gasteiger partial charge in [-0.15, -0.1) is 22.7 Å². The molecule has 53 heavy (non-hydrogen) atoms. The molecule has 4 aromatic heterocycles. The van der Waals surface area contributed by atoms with Gasteiger partial charge in [0.15, 0.2) is 0 Å². The van der Waals surface area contributed by atoms with E-state index in [-0.39, 0.29) is 34.4 Å². The highest BCUT2D eigenvalue weighted by Crippen LogP contribution is 2.44. The number of phenolic OH excluding ortho intramolecular Hbond substituents is 1. The fourth-order valence-electron chi connectivity index (χ4n) is 7.63. The lowest BCUT2D eigenvalue weighted by atomic mass is 9.89. The highest BCUT2D eigenvalue weighted by atomic mass is 32.1. The van der Waals surface area contributed by atoms with Gasteiger partial charge >= 0.3 is 10.8 Å². The number of aromatic nitrogens is 2. The second-order valence-corrected chi connectivity index (χ2v) is 16.6. The van der Waals surface area contributed by atoms with Crippen LogP contribution in [0.4, 0.5) is 0 Å². The number of pyridine rings is 1. The zero-order valence-corrected chi connectivity index (χ0v) is 31.0. The molecule has 6 aromatic rings. The van der Waals surface area contributed by atoms with Gasteiger partial charge in [0, 0.05) is 57.1 Å². The molecule has 5 N–H and O–H groups in total. The number of rotatable bonds is 14. The first-order valence-corrected chi connectivity index (χ1v) is 19.9. The molecule has 2 aliphatic rings. The van der Waals surface area contributed by atoms with Gasteiger partial charge in [-0.25, -0.2) is 4.79 Å². The molecule has 15 heteroatoms. The molecule has 12 nitrogen and oxygen atoms in total. The lowest BCUT2D eigenvalue weighted by Crippen LogP contribution is -2.61. The van der Waals surface area contributed by atoms with Crippen molar-refractivity contribution in [2.45, 2.75) is 49.3 Å². The van der Waals surface area contributed by atoms with Crippen LogP contribution in [0.5, 0.6) is 5.75 Å². The Morgan fingerprint density at radius 3 is 2.55 bits per heavy atom. The topological polar surface area (TPSA) is 166 Å². The Morgan fingerprint density at radius 2 is 1.83 bits per heavy atom. The van der Waals surface area contributed by atoms with Crippen LogP contribution in [0.1, 0.15) is 39.8 Å². The van der Waals surface area contributed by atoms with E-state index in [9.17, 15) is 29.7 Å². The summed E-state index contributed by atoms with van der Waals surface area (Å²) < 4.78 is 15.5. The number of aliphatic carboxylic acids is 1. The number of thiazole rings is 1. The van der Waals surface area contributed by atoms with E-state index in [1.54, 1.807) is 12.1 Å². The Balaban J connectivity index is 0.830. The molecule has 0 saturated carbocycles. The lowest BCUT2D eigenvalue weighted by Gasteiger charge is -2.47. The minimum Gasteiger partial charge on any atom is -0.506 e. The van der Waals surface area contributed by atoms with Gasteiger partial charge in [-0.2, -0.15) is 0 Å². The van der Waals surface area contributed by atoms with Gasteiger partial charge in [0.25, 0.3) is 0 Å². The summed E-state index contributed by atoms with van der Waals surface area (Å²) in [6.45, 7) is 3.93. The van der Waals surface area contributed by atoms with Crippen molar-refractivity contribution in [2.24, 2.45) is 0 Å². The first kappa shape index (κ1) is 35.8. The summed E-state index contributed by atoms with van der Waals surface area (Å²) in [7, 11) is 0. The Bertz CT molecular complexity index is 2330. The highest BCUT2D eigenvalue weighted by Gasteiger charge is 2.54. The van der Waals surface area contributed by atoms with E-state index in [0.717, 1.165) is 41.8 Å². The summed E-state index contributed by atoms with van der Waals surface area (Å²) in [5, 5.41) is 39.1. The maximum atomic E-state index is 13.0. The fourth-order valence-corrected chi connectivity index (χ4v) is 10.4. The van der Waals surface area contributed by atoms with Gasteiger partial charge in [-0.3, -0.25) is 19.1 Å². The van der Waals surface area contributed by atoms with E-state index in [1.807, 2.05) is 57.8 Å². The molecule has 0 bridgehead atoms. The predicted molar refractivity (Wildman–Crippen MR) is 205 cm³/mol. The van der Waals surface area contributed by atoms with Gasteiger partial charge in [-0.05, 0) is 64.7 Å². The Labute approximate surface area is 315 Å². The van der Waals surface area contributed by atoms with Crippen LogP contribution >= 0.6 is 34.0 Å². The molecule has 2 aromatic carbocycles. The normalized spacial score (nSPS) is 17.9. The van der Waals surface area contributed by atoms with Gasteiger partial charge in [0.2, 0.25) is 11.2 Å². The second kappa shape index (κ2) is 14.6. The van der Waals surface area contributed by atoms with Crippen LogP contribution in [0.2, 0.25) is 0 Å². The molecule has 0 radical (unpaired) electrons. The summed E-state index contributed by atoms with van der Waals surface area (Å²) in [6, 6.07) is 19.3. The number of carbonyl (C=O) groups is 1. The summed E-state index contributed by atoms with van der Waals surface area (Å²) in [5.41, 5.74) is 0.512. The number of fused-ring (bicyclic) bond motifs is 2. The Morgan fingerprint density at radius 1 is 1.06 bits per heavy atom. The molecule has 1 spiro atoms. The highest BCUT2D eigenvalue weighted by molar-refractivity contribution is 7.16. The number of phenols is 1. The van der Waals surface area contributed by atoms with E-state index in [0.29, 0.717) is 52.3 Å². The number of carboxylic acids is 1. The van der Waals surface area contributed by atoms with Crippen LogP contribution in [-0.2, 0) is 33.0 Å². The number of nitrogens with one attached hydrogen (secondary N) is 2. The molecule has 2 atom stereocenters. The van der Waals surface area contributed by atoms with E-state index in [1.165, 1.54) is 46.1 Å². The van der Waals surface area contributed by atoms with Gasteiger partial charge < -0.3 is 35.1 Å². The van der Waals surface area contributed by atoms with Crippen LogP contribution in [-0.4, -0.2) is 80.2 Å².